The Labute approximate surface area is 93.7 Å². The normalized spacial score (nSPS) is 11.5. The molecule has 17 heavy (non-hydrogen) atoms. The van der Waals surface area contributed by atoms with E-state index in [4.69, 9.17) is 4.52 Å². The van der Waals surface area contributed by atoms with Gasteiger partial charge in [0.25, 0.3) is 0 Å². The summed E-state index contributed by atoms with van der Waals surface area (Å²) in [7, 11) is 0. The topological polar surface area (TPSA) is 63.8 Å². The fourth-order valence-corrected chi connectivity index (χ4v) is 1.10. The summed E-state index contributed by atoms with van der Waals surface area (Å²) in [6.07, 6.45) is -2.01. The van der Waals surface area contributed by atoms with Crippen molar-refractivity contribution in [2.75, 3.05) is 5.32 Å². The lowest BCUT2D eigenvalue weighted by molar-refractivity contribution is -0.141. The number of rotatable bonds is 3. The van der Waals surface area contributed by atoms with Crippen molar-refractivity contribution in [1.82, 2.24) is 15.1 Å². The lowest BCUT2D eigenvalue weighted by Gasteiger charge is -2.07. The Bertz CT molecular complexity index is 483. The van der Waals surface area contributed by atoms with E-state index in [1.165, 1.54) is 6.20 Å². The number of halogens is 3. The van der Waals surface area contributed by atoms with Crippen LogP contribution in [0.5, 0.6) is 0 Å². The molecule has 0 aliphatic heterocycles. The van der Waals surface area contributed by atoms with E-state index in [0.717, 1.165) is 12.3 Å². The number of anilines is 1. The van der Waals surface area contributed by atoms with Crippen molar-refractivity contribution < 1.29 is 17.7 Å². The molecular weight excluding hydrogens is 237 g/mol. The molecule has 0 atom stereocenters. The van der Waals surface area contributed by atoms with Gasteiger partial charge in [0.15, 0.2) is 5.76 Å². The van der Waals surface area contributed by atoms with Crippen LogP contribution in [0.2, 0.25) is 0 Å². The van der Waals surface area contributed by atoms with E-state index in [1.54, 1.807) is 6.07 Å². The van der Waals surface area contributed by atoms with Crippen molar-refractivity contribution in [3.63, 3.8) is 0 Å². The highest BCUT2D eigenvalue weighted by Gasteiger charge is 2.32. The summed E-state index contributed by atoms with van der Waals surface area (Å²) in [5.41, 5.74) is -0.993. The fraction of sp³-hybridized carbons (Fsp3) is 0.222. The molecule has 0 aliphatic rings. The van der Waals surface area contributed by atoms with Crippen molar-refractivity contribution in [2.24, 2.45) is 0 Å². The molecule has 0 spiro atoms. The highest BCUT2D eigenvalue weighted by molar-refractivity contribution is 5.26. The van der Waals surface area contributed by atoms with Crippen LogP contribution < -0.4 is 5.32 Å². The molecular formula is C9H7F3N4O. The molecule has 0 bridgehead atoms. The molecule has 0 radical (unpaired) electrons. The molecule has 1 N–H and O–H groups in total. The third-order valence-corrected chi connectivity index (χ3v) is 1.86. The first-order valence-electron chi connectivity index (χ1n) is 4.59. The summed E-state index contributed by atoms with van der Waals surface area (Å²) >= 11 is 0. The average Bonchev–Trinajstić information content (AvgIpc) is 2.78. The minimum atomic E-state index is -4.48. The quantitative estimate of drug-likeness (QED) is 0.895. The first-order chi connectivity index (χ1) is 8.05. The van der Waals surface area contributed by atoms with Crippen LogP contribution in [0.25, 0.3) is 0 Å². The van der Waals surface area contributed by atoms with Gasteiger partial charge < -0.3 is 9.84 Å². The number of hydrogen-bond donors (Lipinski definition) is 1. The predicted molar refractivity (Wildman–Crippen MR) is 50.9 cm³/mol. The molecule has 2 aromatic heterocycles. The molecule has 2 heterocycles. The van der Waals surface area contributed by atoms with Crippen LogP contribution in [0.15, 0.2) is 29.0 Å². The van der Waals surface area contributed by atoms with Gasteiger partial charge in [-0.3, -0.25) is 0 Å². The van der Waals surface area contributed by atoms with Crippen LogP contribution in [0.4, 0.5) is 19.1 Å². The summed E-state index contributed by atoms with van der Waals surface area (Å²) in [5, 5.41) is 6.06. The van der Waals surface area contributed by atoms with E-state index < -0.39 is 11.9 Å². The Morgan fingerprint density at radius 2 is 2.06 bits per heavy atom. The van der Waals surface area contributed by atoms with Gasteiger partial charge in [-0.1, -0.05) is 5.16 Å². The van der Waals surface area contributed by atoms with Crippen LogP contribution >= 0.6 is 0 Å². The number of aromatic nitrogens is 3. The van der Waals surface area contributed by atoms with E-state index >= 15 is 0 Å². The smallest absolute Gasteiger partial charge is 0.360 e. The number of hydrogen-bond acceptors (Lipinski definition) is 5. The van der Waals surface area contributed by atoms with Gasteiger partial charge in [-0.25, -0.2) is 9.97 Å². The van der Waals surface area contributed by atoms with Crippen molar-refractivity contribution in [2.45, 2.75) is 12.7 Å². The van der Waals surface area contributed by atoms with Gasteiger partial charge in [0.2, 0.25) is 5.95 Å². The molecule has 0 saturated carbocycles. The molecule has 0 aliphatic carbocycles. The summed E-state index contributed by atoms with van der Waals surface area (Å²) in [6, 6.07) is 2.39. The summed E-state index contributed by atoms with van der Waals surface area (Å²) < 4.78 is 41.8. The van der Waals surface area contributed by atoms with Gasteiger partial charge in [0.1, 0.15) is 5.69 Å². The SMILES string of the molecule is FC(F)(F)c1ccnc(NCc2ccno2)n1. The third kappa shape index (κ3) is 2.92. The summed E-state index contributed by atoms with van der Waals surface area (Å²) in [6.45, 7) is 0.168. The van der Waals surface area contributed by atoms with Crippen LogP contribution in [0, 0.1) is 0 Å². The molecule has 8 heteroatoms. The zero-order valence-corrected chi connectivity index (χ0v) is 8.40. The highest BCUT2D eigenvalue weighted by atomic mass is 19.4. The minimum absolute atomic E-state index is 0.115. The van der Waals surface area contributed by atoms with E-state index in [9.17, 15) is 13.2 Å². The van der Waals surface area contributed by atoms with Gasteiger partial charge in [0.05, 0.1) is 12.7 Å². The first kappa shape index (κ1) is 11.4. The summed E-state index contributed by atoms with van der Waals surface area (Å²) in [5.74, 6) is 0.363. The van der Waals surface area contributed by atoms with Gasteiger partial charge in [-0.05, 0) is 6.07 Å². The van der Waals surface area contributed by atoms with Gasteiger partial charge in [-0.15, -0.1) is 0 Å². The Hall–Kier alpha value is -2.12. The van der Waals surface area contributed by atoms with E-state index in [0.29, 0.717) is 5.76 Å². The van der Waals surface area contributed by atoms with E-state index in [1.807, 2.05) is 0 Å². The molecule has 0 fully saturated rings. The zero-order valence-electron chi connectivity index (χ0n) is 8.40. The molecule has 5 nitrogen and oxygen atoms in total. The van der Waals surface area contributed by atoms with Crippen molar-refractivity contribution in [3.8, 4) is 0 Å². The Morgan fingerprint density at radius 3 is 2.71 bits per heavy atom. The van der Waals surface area contributed by atoms with Crippen LogP contribution in [0.1, 0.15) is 11.5 Å². The number of alkyl halides is 3. The van der Waals surface area contributed by atoms with E-state index in [2.05, 4.69) is 20.4 Å². The third-order valence-electron chi connectivity index (χ3n) is 1.86. The van der Waals surface area contributed by atoms with Gasteiger partial charge in [0, 0.05) is 12.3 Å². The average molecular weight is 244 g/mol. The second-order valence-corrected chi connectivity index (χ2v) is 3.10. The van der Waals surface area contributed by atoms with Gasteiger partial charge >= 0.3 is 6.18 Å². The largest absolute Gasteiger partial charge is 0.433 e. The standard InChI is InChI=1S/C9H7F3N4O/c10-9(11,12)7-2-3-13-8(16-7)14-5-6-1-4-15-17-6/h1-4H,5H2,(H,13,14,16). The second-order valence-electron chi connectivity index (χ2n) is 3.10. The minimum Gasteiger partial charge on any atom is -0.360 e. The molecule has 0 saturated heterocycles. The molecule has 90 valence electrons. The maximum absolute atomic E-state index is 12.3. The Kier molecular flexibility index (Phi) is 2.94. The highest BCUT2D eigenvalue weighted by Crippen LogP contribution is 2.27. The zero-order chi connectivity index (χ0) is 12.3. The summed E-state index contributed by atoms with van der Waals surface area (Å²) in [4.78, 5) is 7.00. The van der Waals surface area contributed by atoms with Crippen LogP contribution in [0.3, 0.4) is 0 Å². The van der Waals surface area contributed by atoms with Crippen LogP contribution in [-0.2, 0) is 12.7 Å². The van der Waals surface area contributed by atoms with Crippen LogP contribution in [-0.4, -0.2) is 15.1 Å². The molecule has 0 aromatic carbocycles. The predicted octanol–water partition coefficient (Wildman–Crippen LogP) is 2.10. The maximum Gasteiger partial charge on any atom is 0.433 e. The van der Waals surface area contributed by atoms with Crippen molar-refractivity contribution >= 4 is 5.95 Å². The van der Waals surface area contributed by atoms with Crippen molar-refractivity contribution in [3.05, 3.63) is 36.0 Å². The second kappa shape index (κ2) is 4.40. The molecule has 2 rings (SSSR count). The molecule has 0 unspecified atom stereocenters. The van der Waals surface area contributed by atoms with Gasteiger partial charge in [-0.2, -0.15) is 13.2 Å². The lowest BCUT2D eigenvalue weighted by atomic mass is 10.4. The lowest BCUT2D eigenvalue weighted by Crippen LogP contribution is -2.11. The monoisotopic (exact) mass is 244 g/mol. The van der Waals surface area contributed by atoms with Crippen molar-refractivity contribution in [1.29, 1.82) is 0 Å². The van der Waals surface area contributed by atoms with E-state index in [-0.39, 0.29) is 12.5 Å². The Balaban J connectivity index is 2.07. The Morgan fingerprint density at radius 1 is 1.24 bits per heavy atom. The number of nitrogens with zero attached hydrogens (tertiary/aromatic N) is 3. The fourth-order valence-electron chi connectivity index (χ4n) is 1.10. The molecule has 0 amide bonds. The first-order valence-corrected chi connectivity index (χ1v) is 4.59. The number of nitrogens with one attached hydrogen (secondary N) is 1. The maximum atomic E-state index is 12.3. The molecule has 2 aromatic rings.